The molecule has 0 aromatic heterocycles. The first kappa shape index (κ1) is 44.1. The molecule has 0 radical (unpaired) electrons. The zero-order valence-corrected chi connectivity index (χ0v) is 30.5. The van der Waals surface area contributed by atoms with Crippen molar-refractivity contribution in [3.05, 3.63) is 12.2 Å². The Morgan fingerprint density at radius 2 is 0.739 bits per heavy atom. The number of nitrogens with zero attached hydrogens (tertiary/aromatic N) is 1. The number of carboxylic acid groups (broad SMARTS) is 3. The zero-order valence-electron chi connectivity index (χ0n) is 30.5. The first-order valence-corrected chi connectivity index (χ1v) is 19.3. The Morgan fingerprint density at radius 1 is 0.457 bits per heavy atom. The molecule has 0 rings (SSSR count). The van der Waals surface area contributed by atoms with Crippen LogP contribution in [-0.2, 0) is 14.4 Å². The highest BCUT2D eigenvalue weighted by Gasteiger charge is 2.40. The molecule has 0 aliphatic rings. The number of carbonyl (C=O) groups is 3. The van der Waals surface area contributed by atoms with Crippen LogP contribution in [0.3, 0.4) is 0 Å². The molecule has 0 saturated carbocycles. The lowest BCUT2D eigenvalue weighted by atomic mass is 9.95. The fourth-order valence-corrected chi connectivity index (χ4v) is 6.87. The Morgan fingerprint density at radius 3 is 1.00 bits per heavy atom. The molecular weight excluding hydrogens is 578 g/mol. The fourth-order valence-electron chi connectivity index (χ4n) is 6.87. The van der Waals surface area contributed by atoms with Crippen molar-refractivity contribution in [3.8, 4) is 0 Å². The number of allylic oxidation sites excluding steroid dienone is 2. The van der Waals surface area contributed by atoms with Gasteiger partial charge in [-0.1, -0.05) is 136 Å². The molecule has 0 aromatic carbocycles. The zero-order chi connectivity index (χ0) is 34.5. The van der Waals surface area contributed by atoms with Crippen LogP contribution in [0.25, 0.3) is 0 Å². The van der Waals surface area contributed by atoms with Crippen LogP contribution >= 0.6 is 0 Å². The highest BCUT2D eigenvalue weighted by Crippen LogP contribution is 2.25. The summed E-state index contributed by atoms with van der Waals surface area (Å²) in [5.74, 6) is -4.50. The van der Waals surface area contributed by atoms with Crippen molar-refractivity contribution in [2.24, 2.45) is 17.8 Å². The average Bonchev–Trinajstić information content (AvgIpc) is 3.03. The van der Waals surface area contributed by atoms with Crippen molar-refractivity contribution < 1.29 is 34.2 Å². The smallest absolute Gasteiger partial charge is 0.312 e. The Bertz CT molecular complexity index is 738. The van der Waals surface area contributed by atoms with Crippen molar-refractivity contribution in [2.45, 2.75) is 175 Å². The second-order valence-corrected chi connectivity index (χ2v) is 14.0. The summed E-state index contributed by atoms with van der Waals surface area (Å²) in [6.07, 6.45) is 31.4. The number of hydrogen-bond donors (Lipinski definition) is 3. The second-order valence-electron chi connectivity index (χ2n) is 14.0. The standard InChI is InChI=1S/C39H73NO6/c1-5-9-10-11-12-13-14-15-16-17-18-19-20-21-22-23-24-25-26-27-28-29-30-40(31-34(6-2)37(41)42,32-35(7-3)38(43)44)33-36(8-4)39(45)46/h9-10,34-36H,5-8,11-33H2,1-4H3,(H2-,41,42,43,44,45,46)/p+1/b10-9+. The van der Waals surface area contributed by atoms with E-state index in [1.165, 1.54) is 103 Å². The predicted octanol–water partition coefficient (Wildman–Crippen LogP) is 10.5. The summed E-state index contributed by atoms with van der Waals surface area (Å²) in [6, 6.07) is 0. The maximum absolute atomic E-state index is 12.0. The van der Waals surface area contributed by atoms with Crippen molar-refractivity contribution in [1.29, 1.82) is 0 Å². The van der Waals surface area contributed by atoms with Gasteiger partial charge in [-0.25, -0.2) is 0 Å². The summed E-state index contributed by atoms with van der Waals surface area (Å²) in [4.78, 5) is 36.0. The van der Waals surface area contributed by atoms with Crippen LogP contribution in [-0.4, -0.2) is 63.9 Å². The van der Waals surface area contributed by atoms with Gasteiger partial charge in [-0.15, -0.1) is 0 Å². The highest BCUT2D eigenvalue weighted by atomic mass is 16.4. The summed E-state index contributed by atoms with van der Waals surface area (Å²) in [5, 5.41) is 29.5. The van der Waals surface area contributed by atoms with Gasteiger partial charge in [-0.2, -0.15) is 0 Å². The van der Waals surface area contributed by atoms with E-state index in [1.807, 2.05) is 20.8 Å². The van der Waals surface area contributed by atoms with E-state index in [0.717, 1.165) is 25.7 Å². The molecule has 3 atom stereocenters. The third-order valence-corrected chi connectivity index (χ3v) is 10.0. The number of quaternary nitrogens is 1. The summed E-state index contributed by atoms with van der Waals surface area (Å²) in [7, 11) is 0. The minimum absolute atomic E-state index is 0.262. The van der Waals surface area contributed by atoms with E-state index in [4.69, 9.17) is 0 Å². The maximum atomic E-state index is 12.0. The largest absolute Gasteiger partial charge is 0.481 e. The molecule has 0 spiro atoms. The number of unbranched alkanes of at least 4 members (excludes halogenated alkanes) is 18. The molecule has 0 heterocycles. The van der Waals surface area contributed by atoms with E-state index in [2.05, 4.69) is 19.1 Å². The molecule has 0 aromatic rings. The Hall–Kier alpha value is -1.89. The lowest BCUT2D eigenvalue weighted by molar-refractivity contribution is -0.935. The molecular formula is C39H74NO6+. The Kier molecular flexibility index (Phi) is 28.1. The van der Waals surface area contributed by atoms with Gasteiger partial charge >= 0.3 is 17.9 Å². The van der Waals surface area contributed by atoms with Crippen LogP contribution < -0.4 is 0 Å². The molecule has 7 nitrogen and oxygen atoms in total. The average molecular weight is 653 g/mol. The monoisotopic (exact) mass is 653 g/mol. The fraction of sp³-hybridized carbons (Fsp3) is 0.872. The van der Waals surface area contributed by atoms with Crippen molar-refractivity contribution in [3.63, 3.8) is 0 Å². The van der Waals surface area contributed by atoms with Crippen LogP contribution in [0.5, 0.6) is 0 Å². The number of hydrogen-bond acceptors (Lipinski definition) is 3. The van der Waals surface area contributed by atoms with Gasteiger partial charge in [0.25, 0.3) is 0 Å². The van der Waals surface area contributed by atoms with E-state index < -0.39 is 35.7 Å². The maximum Gasteiger partial charge on any atom is 0.312 e. The van der Waals surface area contributed by atoms with Crippen LogP contribution in [0, 0.1) is 17.8 Å². The second kappa shape index (κ2) is 29.3. The van der Waals surface area contributed by atoms with E-state index in [1.54, 1.807) is 0 Å². The topological polar surface area (TPSA) is 112 Å². The van der Waals surface area contributed by atoms with Crippen molar-refractivity contribution in [2.75, 3.05) is 26.2 Å². The van der Waals surface area contributed by atoms with Gasteiger partial charge in [-0.3, -0.25) is 14.4 Å². The molecule has 0 bridgehead atoms. The molecule has 7 heteroatoms. The molecule has 0 amide bonds. The summed E-state index contributed by atoms with van der Waals surface area (Å²) in [5.41, 5.74) is 0. The quantitative estimate of drug-likeness (QED) is 0.0362. The first-order chi connectivity index (χ1) is 22.2. The highest BCUT2D eigenvalue weighted by molar-refractivity contribution is 5.71. The summed E-state index contributed by atoms with van der Waals surface area (Å²) >= 11 is 0. The number of rotatable bonds is 34. The Labute approximate surface area is 283 Å². The van der Waals surface area contributed by atoms with Crippen LogP contribution in [0.15, 0.2) is 12.2 Å². The predicted molar refractivity (Wildman–Crippen MR) is 191 cm³/mol. The molecule has 0 saturated heterocycles. The molecule has 0 aliphatic heterocycles. The van der Waals surface area contributed by atoms with Gasteiger partial charge in [0.1, 0.15) is 17.8 Å². The number of aliphatic carboxylic acids is 3. The van der Waals surface area contributed by atoms with Crippen LogP contribution in [0.1, 0.15) is 175 Å². The summed E-state index contributed by atoms with van der Waals surface area (Å²) in [6.45, 7) is 9.22. The third-order valence-electron chi connectivity index (χ3n) is 10.0. The molecule has 0 aliphatic carbocycles. The van der Waals surface area contributed by atoms with Crippen LogP contribution in [0.2, 0.25) is 0 Å². The molecule has 0 fully saturated rings. The summed E-state index contributed by atoms with van der Waals surface area (Å²) < 4.78 is 0.262. The molecule has 46 heavy (non-hydrogen) atoms. The van der Waals surface area contributed by atoms with E-state index in [-0.39, 0.29) is 24.1 Å². The SMILES string of the molecule is CC/C=C/CCCCCCCCCCCCCCCCCCCC[N+](CC(CC)C(=O)O)(CC(CC)C(=O)O)CC(CC)C(=O)O. The lowest BCUT2D eigenvalue weighted by Crippen LogP contribution is -2.58. The molecule has 270 valence electrons. The molecule has 3 unspecified atom stereocenters. The van der Waals surface area contributed by atoms with E-state index in [0.29, 0.717) is 25.8 Å². The normalized spacial score (nSPS) is 15.0. The first-order valence-electron chi connectivity index (χ1n) is 19.3. The van der Waals surface area contributed by atoms with E-state index >= 15 is 0 Å². The molecule has 3 N–H and O–H groups in total. The van der Waals surface area contributed by atoms with Gasteiger partial charge in [0.2, 0.25) is 0 Å². The lowest BCUT2D eigenvalue weighted by Gasteiger charge is -2.43. The van der Waals surface area contributed by atoms with Crippen LogP contribution in [0.4, 0.5) is 0 Å². The third kappa shape index (κ3) is 22.6. The van der Waals surface area contributed by atoms with Gasteiger partial charge in [0, 0.05) is 0 Å². The Balaban J connectivity index is 4.40. The van der Waals surface area contributed by atoms with Crippen molar-refractivity contribution in [1.82, 2.24) is 0 Å². The van der Waals surface area contributed by atoms with E-state index in [9.17, 15) is 29.7 Å². The van der Waals surface area contributed by atoms with Gasteiger partial charge in [0.15, 0.2) is 0 Å². The van der Waals surface area contributed by atoms with Crippen molar-refractivity contribution >= 4 is 17.9 Å². The van der Waals surface area contributed by atoms with Gasteiger partial charge < -0.3 is 19.8 Å². The van der Waals surface area contributed by atoms with Gasteiger partial charge in [0.05, 0.1) is 26.2 Å². The minimum atomic E-state index is -0.885. The van der Waals surface area contributed by atoms with Gasteiger partial charge in [-0.05, 0) is 51.4 Å². The number of carboxylic acids is 3. The minimum Gasteiger partial charge on any atom is -0.481 e.